The van der Waals surface area contributed by atoms with E-state index in [0.29, 0.717) is 0 Å². The third-order valence-electron chi connectivity index (χ3n) is 6.71. The van der Waals surface area contributed by atoms with Gasteiger partial charge in [-0.25, -0.2) is 0 Å². The Bertz CT molecular complexity index is 353. The summed E-state index contributed by atoms with van der Waals surface area (Å²) in [5, 5.41) is 0.145. The summed E-state index contributed by atoms with van der Waals surface area (Å²) in [6.45, 7) is 12.0. The molecule has 0 fully saturated rings. The summed E-state index contributed by atoms with van der Waals surface area (Å²) in [6.07, 6.45) is 25.7. The van der Waals surface area contributed by atoms with E-state index in [0.717, 1.165) is 12.7 Å². The summed E-state index contributed by atoms with van der Waals surface area (Å²) < 4.78 is 12.2. The summed E-state index contributed by atoms with van der Waals surface area (Å²) in [5.41, 5.74) is 0. The van der Waals surface area contributed by atoms with E-state index in [2.05, 4.69) is 34.6 Å². The molecular formula is C27H58O2Si. The van der Waals surface area contributed by atoms with Gasteiger partial charge >= 0.3 is 8.56 Å². The second-order valence-electron chi connectivity index (χ2n) is 10.4. The molecule has 0 N–H and O–H groups in total. The van der Waals surface area contributed by atoms with Crippen LogP contribution in [0, 0.1) is 0 Å². The van der Waals surface area contributed by atoms with Gasteiger partial charge < -0.3 is 8.85 Å². The molecule has 0 saturated heterocycles. The molecule has 1 unspecified atom stereocenters. The lowest BCUT2D eigenvalue weighted by atomic mass is 10.0. The van der Waals surface area contributed by atoms with E-state index in [9.17, 15) is 0 Å². The zero-order valence-corrected chi connectivity index (χ0v) is 23.0. The maximum absolute atomic E-state index is 6.19. The van der Waals surface area contributed by atoms with Gasteiger partial charge in [0.1, 0.15) is 0 Å². The Morgan fingerprint density at radius 2 is 0.867 bits per heavy atom. The molecule has 0 aliphatic heterocycles. The number of hydrogen-bond acceptors (Lipinski definition) is 2. The van der Waals surface area contributed by atoms with Crippen molar-refractivity contribution < 1.29 is 8.85 Å². The molecule has 0 heterocycles. The second-order valence-corrected chi connectivity index (χ2v) is 14.6. The molecule has 0 spiro atoms. The quantitative estimate of drug-likeness (QED) is 0.123. The molecular weight excluding hydrogens is 384 g/mol. The minimum Gasteiger partial charge on any atom is -0.397 e. The van der Waals surface area contributed by atoms with E-state index in [1.165, 1.54) is 116 Å². The lowest BCUT2D eigenvalue weighted by Crippen LogP contribution is -2.49. The molecule has 182 valence electrons. The molecule has 2 nitrogen and oxygen atoms in total. The van der Waals surface area contributed by atoms with Crippen molar-refractivity contribution >= 4 is 8.56 Å². The van der Waals surface area contributed by atoms with Crippen LogP contribution in [0.25, 0.3) is 0 Å². The smallest absolute Gasteiger partial charge is 0.343 e. The van der Waals surface area contributed by atoms with Crippen molar-refractivity contribution in [2.24, 2.45) is 0 Å². The first-order valence-electron chi connectivity index (χ1n) is 13.6. The summed E-state index contributed by atoms with van der Waals surface area (Å²) in [7, 11) is -0.219. The van der Waals surface area contributed by atoms with Gasteiger partial charge in [0.15, 0.2) is 0 Å². The van der Waals surface area contributed by atoms with Crippen LogP contribution in [-0.2, 0) is 8.85 Å². The van der Waals surface area contributed by atoms with Gasteiger partial charge in [0.25, 0.3) is 0 Å². The third kappa shape index (κ3) is 15.0. The van der Waals surface area contributed by atoms with Crippen LogP contribution >= 0.6 is 0 Å². The molecule has 0 aromatic rings. The normalized spacial score (nSPS) is 14.2. The minimum absolute atomic E-state index is 0.145. The first-order chi connectivity index (χ1) is 14.4. The maximum Gasteiger partial charge on any atom is 0.343 e. The Hall–Kier alpha value is 0.137. The highest BCUT2D eigenvalue weighted by Gasteiger charge is 2.47. The number of hydrogen-bond donors (Lipinski definition) is 0. The van der Waals surface area contributed by atoms with E-state index < -0.39 is 8.56 Å². The van der Waals surface area contributed by atoms with Crippen LogP contribution < -0.4 is 0 Å². The van der Waals surface area contributed by atoms with Crippen LogP contribution in [-0.4, -0.2) is 22.3 Å². The number of rotatable bonds is 22. The molecule has 0 radical (unpaired) electrons. The van der Waals surface area contributed by atoms with Crippen molar-refractivity contribution in [1.82, 2.24) is 0 Å². The molecule has 0 aliphatic carbocycles. The lowest BCUT2D eigenvalue weighted by Gasteiger charge is -2.39. The van der Waals surface area contributed by atoms with Crippen LogP contribution in [0.5, 0.6) is 0 Å². The maximum atomic E-state index is 6.19. The van der Waals surface area contributed by atoms with Gasteiger partial charge in [-0.05, 0) is 13.0 Å². The zero-order valence-electron chi connectivity index (χ0n) is 22.0. The van der Waals surface area contributed by atoms with E-state index in [-0.39, 0.29) is 5.04 Å². The molecule has 3 heteroatoms. The van der Waals surface area contributed by atoms with Gasteiger partial charge in [0.2, 0.25) is 0 Å². The summed E-state index contributed by atoms with van der Waals surface area (Å²) in [4.78, 5) is 0. The van der Waals surface area contributed by atoms with Crippen molar-refractivity contribution in [3.05, 3.63) is 0 Å². The fourth-order valence-corrected chi connectivity index (χ4v) is 8.07. The standard InChI is InChI=1S/C27H58O2Si/c1-7-9-10-11-12-13-14-15-16-17-18-19-20-21-22-23-24-25-26-30(28-6,29-8-2)27(3,4)5/h7-26H2,1-6H3. The van der Waals surface area contributed by atoms with Crippen LogP contribution in [0.2, 0.25) is 11.1 Å². The topological polar surface area (TPSA) is 18.5 Å². The van der Waals surface area contributed by atoms with E-state index >= 15 is 0 Å². The van der Waals surface area contributed by atoms with Crippen molar-refractivity contribution in [2.75, 3.05) is 13.7 Å². The van der Waals surface area contributed by atoms with Gasteiger partial charge in [-0.1, -0.05) is 143 Å². The highest BCUT2D eigenvalue weighted by molar-refractivity contribution is 6.70. The molecule has 30 heavy (non-hydrogen) atoms. The summed E-state index contributed by atoms with van der Waals surface area (Å²) in [6, 6.07) is 1.14. The average Bonchev–Trinajstić information content (AvgIpc) is 2.71. The summed E-state index contributed by atoms with van der Waals surface area (Å²) >= 11 is 0. The SMILES string of the molecule is CCCCCCCCCCCCCCCCCCCC[Si](OC)(OCC)C(C)(C)C. The Morgan fingerprint density at radius 1 is 0.533 bits per heavy atom. The lowest BCUT2D eigenvalue weighted by molar-refractivity contribution is 0.183. The Morgan fingerprint density at radius 3 is 1.13 bits per heavy atom. The molecule has 1 atom stereocenters. The van der Waals surface area contributed by atoms with Crippen molar-refractivity contribution in [2.45, 2.75) is 161 Å². The average molecular weight is 443 g/mol. The zero-order chi connectivity index (χ0) is 22.6. The first kappa shape index (κ1) is 30.1. The van der Waals surface area contributed by atoms with Crippen LogP contribution in [0.15, 0.2) is 0 Å². The van der Waals surface area contributed by atoms with Gasteiger partial charge in [0, 0.05) is 18.8 Å². The molecule has 0 amide bonds. The van der Waals surface area contributed by atoms with Crippen LogP contribution in [0.3, 0.4) is 0 Å². The second kappa shape index (κ2) is 19.8. The third-order valence-corrected chi connectivity index (χ3v) is 11.4. The predicted molar refractivity (Wildman–Crippen MR) is 138 cm³/mol. The molecule has 0 saturated carbocycles. The molecule has 0 bridgehead atoms. The Kier molecular flexibility index (Phi) is 19.9. The highest BCUT2D eigenvalue weighted by Crippen LogP contribution is 2.41. The largest absolute Gasteiger partial charge is 0.397 e. The van der Waals surface area contributed by atoms with Crippen molar-refractivity contribution in [1.29, 1.82) is 0 Å². The fourth-order valence-electron chi connectivity index (χ4n) is 4.62. The molecule has 0 aliphatic rings. The molecule has 0 rings (SSSR count). The van der Waals surface area contributed by atoms with Crippen LogP contribution in [0.1, 0.15) is 150 Å². The monoisotopic (exact) mass is 442 g/mol. The van der Waals surface area contributed by atoms with E-state index in [1.54, 1.807) is 0 Å². The Balaban J connectivity index is 3.46. The predicted octanol–water partition coefficient (Wildman–Crippen LogP) is 9.95. The Labute approximate surface area is 192 Å². The summed E-state index contributed by atoms with van der Waals surface area (Å²) in [5.74, 6) is 0. The van der Waals surface area contributed by atoms with Crippen LogP contribution in [0.4, 0.5) is 0 Å². The number of unbranched alkanes of at least 4 members (excludes halogenated alkanes) is 17. The highest BCUT2D eigenvalue weighted by atomic mass is 28.4. The van der Waals surface area contributed by atoms with E-state index in [1.807, 2.05) is 7.11 Å². The van der Waals surface area contributed by atoms with Gasteiger partial charge in [0.05, 0.1) is 0 Å². The van der Waals surface area contributed by atoms with Crippen molar-refractivity contribution in [3.63, 3.8) is 0 Å². The first-order valence-corrected chi connectivity index (χ1v) is 15.6. The van der Waals surface area contributed by atoms with Crippen molar-refractivity contribution in [3.8, 4) is 0 Å². The fraction of sp³-hybridized carbons (Fsp3) is 1.00. The van der Waals surface area contributed by atoms with Gasteiger partial charge in [-0.3, -0.25) is 0 Å². The van der Waals surface area contributed by atoms with E-state index in [4.69, 9.17) is 8.85 Å². The van der Waals surface area contributed by atoms with Gasteiger partial charge in [-0.15, -0.1) is 0 Å². The van der Waals surface area contributed by atoms with Gasteiger partial charge in [-0.2, -0.15) is 0 Å². The molecule has 0 aromatic carbocycles. The molecule has 0 aromatic heterocycles. The minimum atomic E-state index is -2.08.